The zero-order valence-electron chi connectivity index (χ0n) is 9.08. The van der Waals surface area contributed by atoms with Crippen molar-refractivity contribution >= 4 is 0 Å². The molecular weight excluding hydrogens is 202 g/mol. The predicted molar refractivity (Wildman–Crippen MR) is 60.8 cm³/mol. The Balaban J connectivity index is 1.59. The number of rotatable bonds is 6. The van der Waals surface area contributed by atoms with Gasteiger partial charge < -0.3 is 5.32 Å². The second-order valence-corrected chi connectivity index (χ2v) is 3.49. The van der Waals surface area contributed by atoms with E-state index >= 15 is 0 Å². The Hall–Kier alpha value is -1.75. The fourth-order valence-electron chi connectivity index (χ4n) is 1.43. The Labute approximate surface area is 94.5 Å². The fraction of sp³-hybridized carbons (Fsp3) is 0.364. The number of nitrogens with one attached hydrogen (secondary N) is 1. The second kappa shape index (κ2) is 5.97. The van der Waals surface area contributed by atoms with Gasteiger partial charge in [0.05, 0.1) is 12.7 Å². The highest BCUT2D eigenvalue weighted by Crippen LogP contribution is 1.92. The standard InChI is InChI=1S/C11H15N5/c1-2-5-13-11(3-1)4-6-12-7-9-16-10-8-14-15-16/h1-3,5,8,10,12H,4,6-7,9H2. The van der Waals surface area contributed by atoms with Crippen LogP contribution in [0.5, 0.6) is 0 Å². The molecule has 0 spiro atoms. The lowest BCUT2D eigenvalue weighted by molar-refractivity contribution is 0.540. The van der Waals surface area contributed by atoms with Crippen LogP contribution >= 0.6 is 0 Å². The van der Waals surface area contributed by atoms with Crippen LogP contribution in [0, 0.1) is 0 Å². The van der Waals surface area contributed by atoms with Crippen molar-refractivity contribution in [2.75, 3.05) is 13.1 Å². The molecule has 84 valence electrons. The van der Waals surface area contributed by atoms with E-state index in [2.05, 4.69) is 20.6 Å². The van der Waals surface area contributed by atoms with Crippen LogP contribution in [0.2, 0.25) is 0 Å². The molecule has 0 saturated carbocycles. The first kappa shape index (κ1) is 10.8. The van der Waals surface area contributed by atoms with Gasteiger partial charge in [0.1, 0.15) is 0 Å². The van der Waals surface area contributed by atoms with Crippen molar-refractivity contribution in [3.8, 4) is 0 Å². The van der Waals surface area contributed by atoms with Crippen LogP contribution in [-0.4, -0.2) is 33.1 Å². The van der Waals surface area contributed by atoms with E-state index in [0.717, 1.165) is 31.7 Å². The number of aromatic nitrogens is 4. The van der Waals surface area contributed by atoms with E-state index in [1.165, 1.54) is 0 Å². The average Bonchev–Trinajstić information content (AvgIpc) is 2.83. The lowest BCUT2D eigenvalue weighted by Gasteiger charge is -2.03. The Kier molecular flexibility index (Phi) is 4.01. The van der Waals surface area contributed by atoms with E-state index in [9.17, 15) is 0 Å². The maximum absolute atomic E-state index is 4.26. The van der Waals surface area contributed by atoms with Crippen LogP contribution in [0.15, 0.2) is 36.8 Å². The van der Waals surface area contributed by atoms with Crippen molar-refractivity contribution in [1.82, 2.24) is 25.3 Å². The zero-order chi connectivity index (χ0) is 11.1. The highest BCUT2D eigenvalue weighted by atomic mass is 15.4. The van der Waals surface area contributed by atoms with Gasteiger partial charge in [-0.2, -0.15) is 0 Å². The van der Waals surface area contributed by atoms with Crippen LogP contribution < -0.4 is 5.32 Å². The lowest BCUT2D eigenvalue weighted by Crippen LogP contribution is -2.22. The van der Waals surface area contributed by atoms with Crippen molar-refractivity contribution in [2.24, 2.45) is 0 Å². The summed E-state index contributed by atoms with van der Waals surface area (Å²) in [4.78, 5) is 4.26. The number of hydrogen-bond donors (Lipinski definition) is 1. The molecule has 16 heavy (non-hydrogen) atoms. The maximum Gasteiger partial charge on any atom is 0.0692 e. The summed E-state index contributed by atoms with van der Waals surface area (Å²) in [5.41, 5.74) is 1.12. The third kappa shape index (κ3) is 3.43. The summed E-state index contributed by atoms with van der Waals surface area (Å²) in [6.45, 7) is 2.68. The van der Waals surface area contributed by atoms with Crippen LogP contribution in [0.3, 0.4) is 0 Å². The monoisotopic (exact) mass is 217 g/mol. The minimum Gasteiger partial charge on any atom is -0.315 e. The van der Waals surface area contributed by atoms with E-state index in [-0.39, 0.29) is 0 Å². The van der Waals surface area contributed by atoms with Gasteiger partial charge in [-0.05, 0) is 12.1 Å². The third-order valence-corrected chi connectivity index (χ3v) is 2.27. The Morgan fingerprint density at radius 1 is 1.19 bits per heavy atom. The van der Waals surface area contributed by atoms with Gasteiger partial charge in [0.2, 0.25) is 0 Å². The van der Waals surface area contributed by atoms with Gasteiger partial charge in [-0.15, -0.1) is 5.10 Å². The second-order valence-electron chi connectivity index (χ2n) is 3.49. The summed E-state index contributed by atoms with van der Waals surface area (Å²) < 4.78 is 1.81. The Morgan fingerprint density at radius 2 is 2.19 bits per heavy atom. The first-order chi connectivity index (χ1) is 7.95. The van der Waals surface area contributed by atoms with Crippen molar-refractivity contribution in [3.63, 3.8) is 0 Å². The molecule has 2 aromatic rings. The Morgan fingerprint density at radius 3 is 2.94 bits per heavy atom. The van der Waals surface area contributed by atoms with Gasteiger partial charge in [-0.25, -0.2) is 0 Å². The van der Waals surface area contributed by atoms with Crippen molar-refractivity contribution < 1.29 is 0 Å². The summed E-state index contributed by atoms with van der Waals surface area (Å²) in [6, 6.07) is 5.98. The molecule has 0 aliphatic heterocycles. The summed E-state index contributed by atoms with van der Waals surface area (Å²) in [7, 11) is 0. The van der Waals surface area contributed by atoms with E-state index < -0.39 is 0 Å². The first-order valence-electron chi connectivity index (χ1n) is 5.40. The topological polar surface area (TPSA) is 55.6 Å². The smallest absolute Gasteiger partial charge is 0.0692 e. The summed E-state index contributed by atoms with van der Waals surface area (Å²) in [6.07, 6.45) is 6.33. The summed E-state index contributed by atoms with van der Waals surface area (Å²) in [5.74, 6) is 0. The molecular formula is C11H15N5. The maximum atomic E-state index is 4.26. The van der Waals surface area contributed by atoms with Crippen molar-refractivity contribution in [2.45, 2.75) is 13.0 Å². The molecule has 2 rings (SSSR count). The molecule has 2 heterocycles. The fourth-order valence-corrected chi connectivity index (χ4v) is 1.43. The molecule has 1 N–H and O–H groups in total. The number of pyridine rings is 1. The van der Waals surface area contributed by atoms with E-state index in [1.807, 2.05) is 35.3 Å². The van der Waals surface area contributed by atoms with Gasteiger partial charge in [-0.3, -0.25) is 9.67 Å². The molecule has 0 amide bonds. The summed E-state index contributed by atoms with van der Waals surface area (Å²) in [5, 5.41) is 11.0. The third-order valence-electron chi connectivity index (χ3n) is 2.27. The van der Waals surface area contributed by atoms with E-state index in [4.69, 9.17) is 0 Å². The number of hydrogen-bond acceptors (Lipinski definition) is 4. The molecule has 0 atom stereocenters. The van der Waals surface area contributed by atoms with Gasteiger partial charge in [0.15, 0.2) is 0 Å². The summed E-state index contributed by atoms with van der Waals surface area (Å²) >= 11 is 0. The van der Waals surface area contributed by atoms with Gasteiger partial charge >= 0.3 is 0 Å². The molecule has 0 fully saturated rings. The average molecular weight is 217 g/mol. The Bertz CT molecular complexity index is 384. The highest BCUT2D eigenvalue weighted by Gasteiger charge is 1.93. The molecule has 0 bridgehead atoms. The van der Waals surface area contributed by atoms with Crippen LogP contribution in [-0.2, 0) is 13.0 Å². The zero-order valence-corrected chi connectivity index (χ0v) is 9.08. The molecule has 0 aliphatic carbocycles. The van der Waals surface area contributed by atoms with E-state index in [0.29, 0.717) is 0 Å². The quantitative estimate of drug-likeness (QED) is 0.716. The molecule has 2 aromatic heterocycles. The highest BCUT2D eigenvalue weighted by molar-refractivity contribution is 5.03. The largest absolute Gasteiger partial charge is 0.315 e. The van der Waals surface area contributed by atoms with E-state index in [1.54, 1.807) is 6.20 Å². The SMILES string of the molecule is c1ccc(CCNCCn2ccnn2)nc1. The molecule has 0 aromatic carbocycles. The van der Waals surface area contributed by atoms with Crippen molar-refractivity contribution in [1.29, 1.82) is 0 Å². The minimum absolute atomic E-state index is 0.849. The predicted octanol–water partition coefficient (Wildman–Crippen LogP) is 0.505. The van der Waals surface area contributed by atoms with Crippen LogP contribution in [0.4, 0.5) is 0 Å². The van der Waals surface area contributed by atoms with Crippen LogP contribution in [0.25, 0.3) is 0 Å². The normalized spacial score (nSPS) is 10.5. The van der Waals surface area contributed by atoms with Gasteiger partial charge in [0, 0.05) is 37.6 Å². The molecule has 0 unspecified atom stereocenters. The number of nitrogens with zero attached hydrogens (tertiary/aromatic N) is 4. The molecule has 0 aliphatic rings. The van der Waals surface area contributed by atoms with Gasteiger partial charge in [-0.1, -0.05) is 11.3 Å². The first-order valence-corrected chi connectivity index (χ1v) is 5.40. The van der Waals surface area contributed by atoms with Gasteiger partial charge in [0.25, 0.3) is 0 Å². The minimum atomic E-state index is 0.849. The molecule has 0 radical (unpaired) electrons. The van der Waals surface area contributed by atoms with Crippen LogP contribution in [0.1, 0.15) is 5.69 Å². The molecule has 0 saturated heterocycles. The molecule has 5 heteroatoms. The lowest BCUT2D eigenvalue weighted by atomic mass is 10.3. The molecule has 5 nitrogen and oxygen atoms in total. The van der Waals surface area contributed by atoms with Crippen molar-refractivity contribution in [3.05, 3.63) is 42.5 Å².